The second kappa shape index (κ2) is 5.63. The Hall–Kier alpha value is -1.39. The Morgan fingerprint density at radius 3 is 2.69 bits per heavy atom. The number of halogens is 3. The third-order valence-corrected chi connectivity index (χ3v) is 1.80. The van der Waals surface area contributed by atoms with Crippen LogP contribution >= 0.6 is 0 Å². The Balaban J connectivity index is 2.53. The topological polar surface area (TPSA) is 21.3 Å². The quantitative estimate of drug-likeness (QED) is 0.841. The average molecular weight is 233 g/mol. The van der Waals surface area contributed by atoms with Crippen LogP contribution in [-0.2, 0) is 0 Å². The summed E-state index contributed by atoms with van der Waals surface area (Å²) in [6, 6.07) is 6.50. The maximum atomic E-state index is 12.0. The van der Waals surface area contributed by atoms with Crippen LogP contribution in [0, 0.1) is 0 Å². The smallest absolute Gasteiger partial charge is 0.405 e. The normalized spacial score (nSPS) is 11.2. The first-order chi connectivity index (χ1) is 7.51. The van der Waals surface area contributed by atoms with Gasteiger partial charge in [0.05, 0.1) is 6.61 Å². The van der Waals surface area contributed by atoms with Crippen molar-refractivity contribution in [2.75, 3.05) is 18.5 Å². The Morgan fingerprint density at radius 1 is 1.31 bits per heavy atom. The summed E-state index contributed by atoms with van der Waals surface area (Å²) in [7, 11) is 0. The Kier molecular flexibility index (Phi) is 4.46. The van der Waals surface area contributed by atoms with Crippen LogP contribution < -0.4 is 10.1 Å². The van der Waals surface area contributed by atoms with Gasteiger partial charge in [0.2, 0.25) is 0 Å². The fourth-order valence-electron chi connectivity index (χ4n) is 1.12. The molecule has 90 valence electrons. The molecule has 0 radical (unpaired) electrons. The third kappa shape index (κ3) is 4.91. The maximum Gasteiger partial charge on any atom is 0.405 e. The summed E-state index contributed by atoms with van der Waals surface area (Å²) in [5, 5.41) is 2.30. The first-order valence-electron chi connectivity index (χ1n) is 5.05. The highest BCUT2D eigenvalue weighted by Gasteiger charge is 2.26. The monoisotopic (exact) mass is 233 g/mol. The van der Waals surface area contributed by atoms with Gasteiger partial charge in [0.15, 0.2) is 0 Å². The lowest BCUT2D eigenvalue weighted by molar-refractivity contribution is -0.115. The number of rotatable bonds is 5. The van der Waals surface area contributed by atoms with E-state index in [4.69, 9.17) is 4.74 Å². The zero-order chi connectivity index (χ0) is 12.0. The van der Waals surface area contributed by atoms with Gasteiger partial charge in [-0.3, -0.25) is 0 Å². The fourth-order valence-corrected chi connectivity index (χ4v) is 1.12. The van der Waals surface area contributed by atoms with E-state index >= 15 is 0 Å². The van der Waals surface area contributed by atoms with Crippen LogP contribution in [0.3, 0.4) is 0 Å². The van der Waals surface area contributed by atoms with Gasteiger partial charge in [0.25, 0.3) is 0 Å². The molecule has 16 heavy (non-hydrogen) atoms. The highest BCUT2D eigenvalue weighted by molar-refractivity contribution is 5.48. The molecule has 2 nitrogen and oxygen atoms in total. The lowest BCUT2D eigenvalue weighted by Gasteiger charge is -2.11. The van der Waals surface area contributed by atoms with Crippen molar-refractivity contribution in [1.29, 1.82) is 0 Å². The van der Waals surface area contributed by atoms with Crippen LogP contribution in [0.4, 0.5) is 18.9 Å². The molecule has 0 spiro atoms. The summed E-state index contributed by atoms with van der Waals surface area (Å²) in [6.07, 6.45) is -3.35. The number of hydrogen-bond donors (Lipinski definition) is 1. The summed E-state index contributed by atoms with van der Waals surface area (Å²) in [6.45, 7) is 1.48. The second-order valence-electron chi connectivity index (χ2n) is 3.35. The molecule has 1 N–H and O–H groups in total. The SMILES string of the molecule is CCCOc1cccc(NCC(F)(F)F)c1. The van der Waals surface area contributed by atoms with Gasteiger partial charge in [-0.15, -0.1) is 0 Å². The van der Waals surface area contributed by atoms with Crippen molar-refractivity contribution in [2.45, 2.75) is 19.5 Å². The van der Waals surface area contributed by atoms with E-state index in [1.54, 1.807) is 24.3 Å². The highest BCUT2D eigenvalue weighted by Crippen LogP contribution is 2.20. The molecule has 0 saturated carbocycles. The number of alkyl halides is 3. The van der Waals surface area contributed by atoms with Crippen LogP contribution in [0.15, 0.2) is 24.3 Å². The van der Waals surface area contributed by atoms with E-state index in [0.29, 0.717) is 18.0 Å². The Labute approximate surface area is 92.4 Å². The van der Waals surface area contributed by atoms with Gasteiger partial charge in [-0.1, -0.05) is 13.0 Å². The van der Waals surface area contributed by atoms with E-state index in [1.165, 1.54) is 0 Å². The molecular weight excluding hydrogens is 219 g/mol. The molecule has 0 aromatic heterocycles. The van der Waals surface area contributed by atoms with E-state index in [2.05, 4.69) is 5.32 Å². The van der Waals surface area contributed by atoms with E-state index in [-0.39, 0.29) is 0 Å². The molecule has 1 aromatic carbocycles. The number of hydrogen-bond acceptors (Lipinski definition) is 2. The molecule has 0 aliphatic heterocycles. The van der Waals surface area contributed by atoms with Gasteiger partial charge in [-0.25, -0.2) is 0 Å². The van der Waals surface area contributed by atoms with Gasteiger partial charge in [0.1, 0.15) is 12.3 Å². The molecule has 0 bridgehead atoms. The third-order valence-electron chi connectivity index (χ3n) is 1.80. The van der Waals surface area contributed by atoms with Gasteiger partial charge in [-0.2, -0.15) is 13.2 Å². The van der Waals surface area contributed by atoms with Crippen molar-refractivity contribution in [2.24, 2.45) is 0 Å². The number of benzene rings is 1. The fraction of sp³-hybridized carbons (Fsp3) is 0.455. The largest absolute Gasteiger partial charge is 0.494 e. The van der Waals surface area contributed by atoms with E-state index in [1.807, 2.05) is 6.92 Å². The molecule has 0 aliphatic carbocycles. The maximum absolute atomic E-state index is 12.0. The van der Waals surface area contributed by atoms with Crippen LogP contribution in [0.5, 0.6) is 5.75 Å². The summed E-state index contributed by atoms with van der Waals surface area (Å²) in [5.41, 5.74) is 0.408. The summed E-state index contributed by atoms with van der Waals surface area (Å²) in [5.74, 6) is 0.578. The highest BCUT2D eigenvalue weighted by atomic mass is 19.4. The summed E-state index contributed by atoms with van der Waals surface area (Å²) < 4.78 is 41.2. The zero-order valence-electron chi connectivity index (χ0n) is 8.97. The lowest BCUT2D eigenvalue weighted by atomic mass is 10.3. The molecular formula is C11H14F3NO. The average Bonchev–Trinajstić information content (AvgIpc) is 2.23. The van der Waals surface area contributed by atoms with Crippen LogP contribution in [-0.4, -0.2) is 19.3 Å². The van der Waals surface area contributed by atoms with Crippen molar-refractivity contribution in [3.05, 3.63) is 24.3 Å². The van der Waals surface area contributed by atoms with Crippen LogP contribution in [0.1, 0.15) is 13.3 Å². The second-order valence-corrected chi connectivity index (χ2v) is 3.35. The minimum absolute atomic E-state index is 0.408. The van der Waals surface area contributed by atoms with Gasteiger partial charge >= 0.3 is 6.18 Å². The molecule has 0 unspecified atom stereocenters. The van der Waals surface area contributed by atoms with E-state index in [0.717, 1.165) is 6.42 Å². The van der Waals surface area contributed by atoms with Crippen molar-refractivity contribution in [1.82, 2.24) is 0 Å². The minimum Gasteiger partial charge on any atom is -0.494 e. The molecule has 0 atom stereocenters. The van der Waals surface area contributed by atoms with Gasteiger partial charge < -0.3 is 10.1 Å². The number of nitrogens with one attached hydrogen (secondary N) is 1. The van der Waals surface area contributed by atoms with Crippen molar-refractivity contribution >= 4 is 5.69 Å². The van der Waals surface area contributed by atoms with Gasteiger partial charge in [-0.05, 0) is 18.6 Å². The summed E-state index contributed by atoms with van der Waals surface area (Å²) >= 11 is 0. The predicted octanol–water partition coefficient (Wildman–Crippen LogP) is 3.45. The summed E-state index contributed by atoms with van der Waals surface area (Å²) in [4.78, 5) is 0. The zero-order valence-corrected chi connectivity index (χ0v) is 8.97. The first-order valence-corrected chi connectivity index (χ1v) is 5.05. The molecule has 0 saturated heterocycles. The molecule has 1 aromatic rings. The van der Waals surface area contributed by atoms with E-state index < -0.39 is 12.7 Å². The minimum atomic E-state index is -4.21. The Morgan fingerprint density at radius 2 is 2.06 bits per heavy atom. The molecule has 0 heterocycles. The van der Waals surface area contributed by atoms with Crippen LogP contribution in [0.25, 0.3) is 0 Å². The molecule has 1 rings (SSSR count). The predicted molar refractivity (Wildman–Crippen MR) is 56.8 cm³/mol. The van der Waals surface area contributed by atoms with Crippen molar-refractivity contribution in [3.63, 3.8) is 0 Å². The van der Waals surface area contributed by atoms with Crippen molar-refractivity contribution in [3.8, 4) is 5.75 Å². The lowest BCUT2D eigenvalue weighted by Crippen LogP contribution is -2.21. The van der Waals surface area contributed by atoms with E-state index in [9.17, 15) is 13.2 Å². The molecule has 0 amide bonds. The molecule has 0 fully saturated rings. The first kappa shape index (κ1) is 12.7. The molecule has 0 aliphatic rings. The number of anilines is 1. The standard InChI is InChI=1S/C11H14F3NO/c1-2-6-16-10-5-3-4-9(7-10)15-8-11(12,13)14/h3-5,7,15H,2,6,8H2,1H3. The van der Waals surface area contributed by atoms with Crippen molar-refractivity contribution < 1.29 is 17.9 Å². The van der Waals surface area contributed by atoms with Gasteiger partial charge in [0, 0.05) is 11.8 Å². The Bertz CT molecular complexity index is 325. The molecule has 5 heteroatoms. The van der Waals surface area contributed by atoms with Crippen LogP contribution in [0.2, 0.25) is 0 Å². The number of ether oxygens (including phenoxy) is 1.